The highest BCUT2D eigenvalue weighted by Crippen LogP contribution is 1.75. The molecule has 0 heterocycles. The number of carbonyl (C=O) groups is 2. The van der Waals surface area contributed by atoms with Crippen LogP contribution in [0.4, 0.5) is 0 Å². The Bertz CT molecular complexity index is 237. The smallest absolute Gasteiger partial charge is 0.317 e. The van der Waals surface area contributed by atoms with Gasteiger partial charge in [0.2, 0.25) is 5.91 Å². The first kappa shape index (κ1) is 11.3. The van der Waals surface area contributed by atoms with Gasteiger partial charge in [-0.3, -0.25) is 19.7 Å². The van der Waals surface area contributed by atoms with Crippen LogP contribution in [0.15, 0.2) is 12.3 Å². The Morgan fingerprint density at radius 3 is 2.46 bits per heavy atom. The number of hydrogen-bond acceptors (Lipinski definition) is 4. The second-order valence-corrected chi connectivity index (χ2v) is 2.13. The Balaban J connectivity index is 3.57. The first-order valence-corrected chi connectivity index (χ1v) is 3.35. The van der Waals surface area contributed by atoms with Crippen LogP contribution in [0.25, 0.3) is 0 Å². The van der Waals surface area contributed by atoms with E-state index >= 15 is 0 Å². The Morgan fingerprint density at radius 1 is 1.38 bits per heavy atom. The van der Waals surface area contributed by atoms with Crippen molar-refractivity contribution in [2.45, 2.75) is 0 Å². The summed E-state index contributed by atoms with van der Waals surface area (Å²) in [4.78, 5) is 30.6. The van der Waals surface area contributed by atoms with E-state index in [2.05, 4.69) is 17.2 Å². The fourth-order valence-electron chi connectivity index (χ4n) is 0.521. The zero-order valence-electron chi connectivity index (χ0n) is 6.79. The molecule has 0 aromatic heterocycles. The highest BCUT2D eigenvalue weighted by molar-refractivity contribution is 5.86. The summed E-state index contributed by atoms with van der Waals surface area (Å²) in [6, 6.07) is 0. The minimum atomic E-state index is -1.06. The van der Waals surface area contributed by atoms with E-state index in [1.54, 1.807) is 0 Å². The van der Waals surface area contributed by atoms with Crippen LogP contribution >= 0.6 is 0 Å². The summed E-state index contributed by atoms with van der Waals surface area (Å²) in [6.07, 6.45) is 1.37. The topological polar surface area (TPSA) is 95.5 Å². The van der Waals surface area contributed by atoms with Gasteiger partial charge in [0.05, 0.1) is 18.8 Å². The van der Waals surface area contributed by atoms with Gasteiger partial charge in [0.25, 0.3) is 6.29 Å². The number of carbonyl (C=O) groups excluding carboxylic acids is 2. The number of rotatable bonds is 6. The van der Waals surface area contributed by atoms with Gasteiger partial charge in [0.1, 0.15) is 0 Å². The number of carboxylic acid groups (broad SMARTS) is 1. The molecule has 0 unspecified atom stereocenters. The molecule has 0 saturated heterocycles. The van der Waals surface area contributed by atoms with Crippen LogP contribution in [0.1, 0.15) is 0 Å². The molecule has 71 valence electrons. The average molecular weight is 185 g/mol. The largest absolute Gasteiger partial charge is 0.480 e. The van der Waals surface area contributed by atoms with E-state index < -0.39 is 11.9 Å². The van der Waals surface area contributed by atoms with E-state index in [9.17, 15) is 14.4 Å². The van der Waals surface area contributed by atoms with Gasteiger partial charge in [-0.15, -0.1) is 0 Å². The fourth-order valence-corrected chi connectivity index (χ4v) is 0.521. The van der Waals surface area contributed by atoms with Gasteiger partial charge in [-0.25, -0.2) is 0 Å². The van der Waals surface area contributed by atoms with Crippen LogP contribution in [-0.2, 0) is 14.4 Å². The fraction of sp³-hybridized carbons (Fsp3) is 0.286. The van der Waals surface area contributed by atoms with E-state index in [4.69, 9.17) is 5.11 Å². The third-order valence-electron chi connectivity index (χ3n) is 0.975. The maximum atomic E-state index is 10.8. The molecule has 1 radical (unpaired) electrons. The Labute approximate surface area is 74.6 Å². The van der Waals surface area contributed by atoms with E-state index in [1.165, 1.54) is 6.29 Å². The van der Waals surface area contributed by atoms with Crippen LogP contribution in [0.2, 0.25) is 0 Å². The normalized spacial score (nSPS) is 8.92. The maximum absolute atomic E-state index is 10.8. The number of aliphatic carboxylic acids is 1. The lowest BCUT2D eigenvalue weighted by Gasteiger charge is -2.02. The number of nitrogens with one attached hydrogen (secondary N) is 2. The first-order valence-electron chi connectivity index (χ1n) is 3.35. The van der Waals surface area contributed by atoms with Gasteiger partial charge in [0, 0.05) is 0 Å². The second-order valence-electron chi connectivity index (χ2n) is 2.13. The van der Waals surface area contributed by atoms with Crippen molar-refractivity contribution in [2.75, 3.05) is 13.1 Å². The van der Waals surface area contributed by atoms with Crippen LogP contribution in [0.5, 0.6) is 0 Å². The SMILES string of the molecule is C=C([C]=O)NC(=O)CNCC(=O)O. The summed E-state index contributed by atoms with van der Waals surface area (Å²) in [6.45, 7) is 2.65. The monoisotopic (exact) mass is 185 g/mol. The van der Waals surface area contributed by atoms with Gasteiger partial charge in [-0.2, -0.15) is 0 Å². The summed E-state index contributed by atoms with van der Waals surface area (Å²) in [7, 11) is 0. The molecule has 1 amide bonds. The lowest BCUT2D eigenvalue weighted by atomic mass is 10.5. The minimum absolute atomic E-state index is 0.179. The van der Waals surface area contributed by atoms with Gasteiger partial charge >= 0.3 is 5.97 Å². The lowest BCUT2D eigenvalue weighted by Crippen LogP contribution is -2.35. The lowest BCUT2D eigenvalue weighted by molar-refractivity contribution is -0.136. The molecule has 0 fully saturated rings. The number of allylic oxidation sites excluding steroid dienone is 1. The summed E-state index contributed by atoms with van der Waals surface area (Å²) in [5.41, 5.74) is -0.179. The van der Waals surface area contributed by atoms with Gasteiger partial charge < -0.3 is 10.4 Å². The van der Waals surface area contributed by atoms with Gasteiger partial charge in [-0.05, 0) is 0 Å². The molecular weight excluding hydrogens is 176 g/mol. The summed E-state index contributed by atoms with van der Waals surface area (Å²) in [5.74, 6) is -1.59. The van der Waals surface area contributed by atoms with Gasteiger partial charge in [-0.1, -0.05) is 6.58 Å². The number of amides is 1. The molecule has 0 bridgehead atoms. The molecule has 0 aromatic rings. The molecule has 0 aliphatic carbocycles. The van der Waals surface area contributed by atoms with Crippen LogP contribution in [0.3, 0.4) is 0 Å². The first-order chi connectivity index (χ1) is 6.06. The van der Waals surface area contributed by atoms with Crippen molar-refractivity contribution in [2.24, 2.45) is 0 Å². The summed E-state index contributed by atoms with van der Waals surface area (Å²) in [5, 5.41) is 12.6. The van der Waals surface area contributed by atoms with Crippen molar-refractivity contribution in [1.82, 2.24) is 10.6 Å². The second kappa shape index (κ2) is 5.90. The third kappa shape index (κ3) is 6.70. The Morgan fingerprint density at radius 2 is 2.00 bits per heavy atom. The Kier molecular flexibility index (Phi) is 5.13. The van der Waals surface area contributed by atoms with E-state index in [-0.39, 0.29) is 18.8 Å². The minimum Gasteiger partial charge on any atom is -0.480 e. The van der Waals surface area contributed by atoms with Crippen molar-refractivity contribution in [1.29, 1.82) is 0 Å². The quantitative estimate of drug-likeness (QED) is 0.433. The highest BCUT2D eigenvalue weighted by Gasteiger charge is 2.03. The molecule has 6 heteroatoms. The standard InChI is InChI=1S/C7H9N2O4/c1-5(4-10)9-6(11)2-8-3-7(12)13/h8H,1-3H2,(H,9,11)(H,12,13). The molecule has 0 atom stereocenters. The molecule has 3 N–H and O–H groups in total. The van der Waals surface area contributed by atoms with E-state index in [0.29, 0.717) is 0 Å². The molecule has 13 heavy (non-hydrogen) atoms. The number of hydrogen-bond donors (Lipinski definition) is 3. The molecular formula is C7H9N2O4. The van der Waals surface area contributed by atoms with Crippen LogP contribution in [0, 0.1) is 0 Å². The van der Waals surface area contributed by atoms with E-state index in [0.717, 1.165) is 0 Å². The molecule has 0 saturated carbocycles. The molecule has 0 spiro atoms. The number of carboxylic acids is 1. The zero-order chi connectivity index (χ0) is 10.3. The summed E-state index contributed by atoms with van der Waals surface area (Å²) >= 11 is 0. The summed E-state index contributed by atoms with van der Waals surface area (Å²) < 4.78 is 0. The maximum Gasteiger partial charge on any atom is 0.317 e. The predicted octanol–water partition coefficient (Wildman–Crippen LogP) is -1.60. The highest BCUT2D eigenvalue weighted by atomic mass is 16.4. The molecule has 6 nitrogen and oxygen atoms in total. The third-order valence-corrected chi connectivity index (χ3v) is 0.975. The molecule has 0 aromatic carbocycles. The van der Waals surface area contributed by atoms with Crippen molar-refractivity contribution in [3.63, 3.8) is 0 Å². The predicted molar refractivity (Wildman–Crippen MR) is 43.5 cm³/mol. The van der Waals surface area contributed by atoms with Crippen molar-refractivity contribution < 1.29 is 19.5 Å². The van der Waals surface area contributed by atoms with Crippen LogP contribution < -0.4 is 10.6 Å². The van der Waals surface area contributed by atoms with Crippen molar-refractivity contribution in [3.05, 3.63) is 12.3 Å². The van der Waals surface area contributed by atoms with Crippen molar-refractivity contribution >= 4 is 18.2 Å². The zero-order valence-corrected chi connectivity index (χ0v) is 6.79. The molecule has 0 aliphatic heterocycles. The average Bonchev–Trinajstić information content (AvgIpc) is 2.03. The van der Waals surface area contributed by atoms with E-state index in [1.807, 2.05) is 0 Å². The van der Waals surface area contributed by atoms with Gasteiger partial charge in [0.15, 0.2) is 0 Å². The van der Waals surface area contributed by atoms with Crippen molar-refractivity contribution in [3.8, 4) is 0 Å². The molecule has 0 rings (SSSR count). The molecule has 0 aliphatic rings. The Hall–Kier alpha value is -1.69. The van der Waals surface area contributed by atoms with Crippen LogP contribution in [-0.4, -0.2) is 36.4 Å².